The van der Waals surface area contributed by atoms with E-state index >= 15 is 0 Å². The average Bonchev–Trinajstić information content (AvgIpc) is 2.35. The van der Waals surface area contributed by atoms with Crippen LogP contribution >= 0.6 is 11.8 Å². The van der Waals surface area contributed by atoms with Crippen molar-refractivity contribution in [2.45, 2.75) is 11.3 Å². The van der Waals surface area contributed by atoms with Crippen molar-refractivity contribution in [3.8, 4) is 0 Å². The first-order chi connectivity index (χ1) is 8.63. The molecule has 0 radical (unpaired) electrons. The van der Waals surface area contributed by atoms with Crippen molar-refractivity contribution < 1.29 is 0 Å². The molecule has 2 N–H and O–H groups in total. The molecule has 2 aliphatic rings. The van der Waals surface area contributed by atoms with E-state index in [2.05, 4.69) is 23.1 Å². The van der Waals surface area contributed by atoms with E-state index in [9.17, 15) is 0 Å². The number of benzene rings is 1. The van der Waals surface area contributed by atoms with Gasteiger partial charge in [-0.15, -0.1) is 0 Å². The van der Waals surface area contributed by atoms with Crippen molar-refractivity contribution in [3.63, 3.8) is 0 Å². The fourth-order valence-electron chi connectivity index (χ4n) is 2.02. The Morgan fingerprint density at radius 1 is 1.33 bits per heavy atom. The Balaban J connectivity index is 2.04. The van der Waals surface area contributed by atoms with Gasteiger partial charge in [-0.25, -0.2) is 0 Å². The fraction of sp³-hybridized carbons (Fsp3) is 0.214. The first kappa shape index (κ1) is 11.4. The van der Waals surface area contributed by atoms with E-state index in [1.807, 2.05) is 26.2 Å². The summed E-state index contributed by atoms with van der Waals surface area (Å²) in [5, 5.41) is 0. The van der Waals surface area contributed by atoms with E-state index < -0.39 is 0 Å². The molecule has 92 valence electrons. The molecular formula is C14H15N3S. The molecule has 0 atom stereocenters. The van der Waals surface area contributed by atoms with Crippen molar-refractivity contribution in [2.24, 2.45) is 10.7 Å². The van der Waals surface area contributed by atoms with E-state index in [1.54, 1.807) is 11.8 Å². The molecule has 1 aliphatic heterocycles. The van der Waals surface area contributed by atoms with E-state index in [4.69, 9.17) is 10.7 Å². The van der Waals surface area contributed by atoms with Gasteiger partial charge in [0.05, 0.1) is 11.4 Å². The Morgan fingerprint density at radius 3 is 2.94 bits per heavy atom. The van der Waals surface area contributed by atoms with Gasteiger partial charge >= 0.3 is 0 Å². The van der Waals surface area contributed by atoms with E-state index in [0.29, 0.717) is 0 Å². The van der Waals surface area contributed by atoms with Crippen LogP contribution in [0.2, 0.25) is 0 Å². The minimum Gasteiger partial charge on any atom is -0.399 e. The van der Waals surface area contributed by atoms with Crippen LogP contribution in [0.1, 0.15) is 6.42 Å². The van der Waals surface area contributed by atoms with Crippen LogP contribution in [0.3, 0.4) is 0 Å². The molecule has 3 rings (SSSR count). The van der Waals surface area contributed by atoms with Gasteiger partial charge in [0, 0.05) is 41.7 Å². The lowest BCUT2D eigenvalue weighted by Crippen LogP contribution is -2.11. The highest BCUT2D eigenvalue weighted by Crippen LogP contribution is 2.43. The predicted octanol–water partition coefficient (Wildman–Crippen LogP) is 3.06. The molecule has 0 amide bonds. The molecule has 0 bridgehead atoms. The molecular weight excluding hydrogens is 242 g/mol. The minimum absolute atomic E-state index is 0.833. The van der Waals surface area contributed by atoms with Gasteiger partial charge in [0.25, 0.3) is 0 Å². The second kappa shape index (κ2) is 4.21. The maximum absolute atomic E-state index is 5.85. The van der Waals surface area contributed by atoms with Crippen LogP contribution in [-0.2, 0) is 0 Å². The summed E-state index contributed by atoms with van der Waals surface area (Å²) in [6, 6.07) is 6.37. The fourth-order valence-corrected chi connectivity index (χ4v) is 3.09. The summed E-state index contributed by atoms with van der Waals surface area (Å²) in [5.74, 6) is 0. The van der Waals surface area contributed by atoms with E-state index in [-0.39, 0.29) is 0 Å². The Labute approximate surface area is 111 Å². The molecule has 1 aliphatic carbocycles. The maximum atomic E-state index is 5.85. The quantitative estimate of drug-likeness (QED) is 0.840. The van der Waals surface area contributed by atoms with Crippen molar-refractivity contribution in [1.82, 2.24) is 0 Å². The lowest BCUT2D eigenvalue weighted by molar-refractivity contribution is 1.12. The van der Waals surface area contributed by atoms with Crippen LogP contribution in [0.4, 0.5) is 11.4 Å². The number of allylic oxidation sites excluding steroid dienone is 3. The predicted molar refractivity (Wildman–Crippen MR) is 78.7 cm³/mol. The number of nitrogens with zero attached hydrogens (tertiary/aromatic N) is 2. The van der Waals surface area contributed by atoms with E-state index in [1.165, 1.54) is 15.5 Å². The zero-order chi connectivity index (χ0) is 12.7. The summed E-state index contributed by atoms with van der Waals surface area (Å²) in [6.45, 7) is 0. The summed E-state index contributed by atoms with van der Waals surface area (Å²) < 4.78 is 0. The molecule has 0 fully saturated rings. The number of hydrogen-bond acceptors (Lipinski definition) is 4. The van der Waals surface area contributed by atoms with E-state index in [0.717, 1.165) is 23.5 Å². The monoisotopic (exact) mass is 257 g/mol. The van der Waals surface area contributed by atoms with Crippen molar-refractivity contribution in [2.75, 3.05) is 19.0 Å². The number of aliphatic imine (C=N–C) groups is 1. The zero-order valence-electron chi connectivity index (χ0n) is 10.5. The summed E-state index contributed by atoms with van der Waals surface area (Å²) >= 11 is 1.76. The lowest BCUT2D eigenvalue weighted by atomic mass is 10.1. The first-order valence-electron chi connectivity index (χ1n) is 5.88. The summed E-state index contributed by atoms with van der Waals surface area (Å²) in [7, 11) is 4.09. The smallest absolute Gasteiger partial charge is 0.0774 e. The Hall–Kier alpha value is -1.68. The van der Waals surface area contributed by atoms with Gasteiger partial charge in [-0.1, -0.05) is 17.8 Å². The average molecular weight is 257 g/mol. The molecule has 1 aromatic rings. The number of thioether (sulfide) groups is 1. The largest absolute Gasteiger partial charge is 0.399 e. The highest BCUT2D eigenvalue weighted by Gasteiger charge is 2.20. The van der Waals surface area contributed by atoms with Crippen LogP contribution in [0, 0.1) is 0 Å². The van der Waals surface area contributed by atoms with Gasteiger partial charge < -0.3 is 10.6 Å². The summed E-state index contributed by atoms with van der Waals surface area (Å²) in [6.07, 6.45) is 4.86. The molecule has 0 spiro atoms. The molecule has 4 heteroatoms. The number of fused-ring (bicyclic) bond motifs is 2. The summed E-state index contributed by atoms with van der Waals surface area (Å²) in [5.41, 5.74) is 10.1. The Morgan fingerprint density at radius 2 is 2.17 bits per heavy atom. The van der Waals surface area contributed by atoms with Gasteiger partial charge in [-0.2, -0.15) is 0 Å². The Bertz CT molecular complexity index is 597. The van der Waals surface area contributed by atoms with Gasteiger partial charge in [-0.3, -0.25) is 4.99 Å². The van der Waals surface area contributed by atoms with Gasteiger partial charge in [0.1, 0.15) is 0 Å². The van der Waals surface area contributed by atoms with Crippen molar-refractivity contribution >= 4 is 28.8 Å². The van der Waals surface area contributed by atoms with Crippen LogP contribution in [0.25, 0.3) is 0 Å². The zero-order valence-corrected chi connectivity index (χ0v) is 11.3. The molecule has 0 saturated carbocycles. The Kier molecular flexibility index (Phi) is 2.67. The SMILES string of the molecule is CN(C)c1ccc2c(c1)SC1=CC(N)=CCC1=N2. The molecule has 1 heterocycles. The lowest BCUT2D eigenvalue weighted by Gasteiger charge is -2.22. The third kappa shape index (κ3) is 1.93. The third-order valence-corrected chi connectivity index (χ3v) is 4.17. The molecule has 3 nitrogen and oxygen atoms in total. The molecule has 0 aromatic heterocycles. The molecule has 1 aromatic carbocycles. The van der Waals surface area contributed by atoms with Crippen LogP contribution < -0.4 is 10.6 Å². The second-order valence-electron chi connectivity index (χ2n) is 4.62. The summed E-state index contributed by atoms with van der Waals surface area (Å²) in [4.78, 5) is 9.19. The third-order valence-electron chi connectivity index (χ3n) is 3.05. The number of rotatable bonds is 1. The molecule has 0 saturated heterocycles. The highest BCUT2D eigenvalue weighted by molar-refractivity contribution is 8.04. The van der Waals surface area contributed by atoms with Crippen molar-refractivity contribution in [3.05, 3.63) is 41.0 Å². The topological polar surface area (TPSA) is 41.6 Å². The minimum atomic E-state index is 0.833. The molecule has 18 heavy (non-hydrogen) atoms. The van der Waals surface area contributed by atoms with Crippen LogP contribution in [0.15, 0.2) is 50.8 Å². The van der Waals surface area contributed by atoms with Gasteiger partial charge in [0.15, 0.2) is 0 Å². The highest BCUT2D eigenvalue weighted by atomic mass is 32.2. The molecule has 0 unspecified atom stereocenters. The second-order valence-corrected chi connectivity index (χ2v) is 5.71. The first-order valence-corrected chi connectivity index (χ1v) is 6.69. The number of nitrogens with two attached hydrogens (primary N) is 1. The van der Waals surface area contributed by atoms with Crippen LogP contribution in [0.5, 0.6) is 0 Å². The van der Waals surface area contributed by atoms with Gasteiger partial charge in [-0.05, 0) is 24.3 Å². The van der Waals surface area contributed by atoms with Crippen LogP contribution in [-0.4, -0.2) is 19.8 Å². The van der Waals surface area contributed by atoms with Crippen molar-refractivity contribution in [1.29, 1.82) is 0 Å². The normalized spacial score (nSPS) is 17.1. The standard InChI is InChI=1S/C14H15N3S/c1-17(2)10-4-6-12-14(8-10)18-13-7-9(15)3-5-11(13)16-12/h3-4,6-8H,5,15H2,1-2H3. The maximum Gasteiger partial charge on any atom is 0.0774 e. The number of hydrogen-bond donors (Lipinski definition) is 1. The number of anilines is 1. The van der Waals surface area contributed by atoms with Gasteiger partial charge in [0.2, 0.25) is 0 Å².